The number of likely N-dealkylation sites (tertiary alicyclic amines) is 1. The van der Waals surface area contributed by atoms with Gasteiger partial charge >= 0.3 is 5.97 Å². The number of likely N-dealkylation sites (N-methyl/N-ethyl adjacent to an activating group) is 1. The number of rotatable bonds is 7. The number of hydrogen-bond donors (Lipinski definition) is 1. The van der Waals surface area contributed by atoms with Crippen molar-refractivity contribution < 1.29 is 14.3 Å². The third-order valence-corrected chi connectivity index (χ3v) is 8.20. The second-order valence-corrected chi connectivity index (χ2v) is 11.4. The third-order valence-electron chi connectivity index (χ3n) is 7.00. The number of carbonyl (C=O) groups excluding carboxylic acids is 2. The Labute approximate surface area is 226 Å². The number of aromatic nitrogens is 3. The third kappa shape index (κ3) is 4.89. The van der Waals surface area contributed by atoms with E-state index in [0.717, 1.165) is 33.2 Å². The van der Waals surface area contributed by atoms with E-state index in [1.165, 1.54) is 4.88 Å². The second kappa shape index (κ2) is 10.4. The SMILES string of the molecule is Cc1sc2c(c1C)C(c1ccc(C(=O)N3CC(N)C3)cc1)=N[C@@H](CC(=O)OCCN(C)C)c1nnc(C)n1-2. The minimum Gasteiger partial charge on any atom is -0.464 e. The summed E-state index contributed by atoms with van der Waals surface area (Å²) >= 11 is 1.66. The van der Waals surface area contributed by atoms with E-state index in [0.29, 0.717) is 37.6 Å². The number of benzene rings is 1. The van der Waals surface area contributed by atoms with Gasteiger partial charge in [0.1, 0.15) is 23.5 Å². The smallest absolute Gasteiger partial charge is 0.308 e. The summed E-state index contributed by atoms with van der Waals surface area (Å²) in [6.07, 6.45) is 0.0494. The molecule has 0 bridgehead atoms. The number of esters is 1. The van der Waals surface area contributed by atoms with Crippen molar-refractivity contribution >= 4 is 28.9 Å². The topological polar surface area (TPSA) is 119 Å². The number of aliphatic imine (C=N–C) groups is 1. The van der Waals surface area contributed by atoms with Gasteiger partial charge in [-0.1, -0.05) is 12.1 Å². The number of hydrogen-bond acceptors (Lipinski definition) is 9. The van der Waals surface area contributed by atoms with Gasteiger partial charge in [-0.3, -0.25) is 19.1 Å². The molecule has 200 valence electrons. The summed E-state index contributed by atoms with van der Waals surface area (Å²) in [5, 5.41) is 9.75. The second-order valence-electron chi connectivity index (χ2n) is 10.2. The molecule has 3 aromatic rings. The molecule has 2 aliphatic rings. The molecular weight excluding hydrogens is 502 g/mol. The lowest BCUT2D eigenvalue weighted by Crippen LogP contribution is -2.57. The molecule has 2 aliphatic heterocycles. The van der Waals surface area contributed by atoms with Crippen molar-refractivity contribution in [2.75, 3.05) is 40.3 Å². The molecule has 0 aliphatic carbocycles. The Balaban J connectivity index is 1.53. The summed E-state index contributed by atoms with van der Waals surface area (Å²) < 4.78 is 7.51. The lowest BCUT2D eigenvalue weighted by Gasteiger charge is -2.36. The van der Waals surface area contributed by atoms with Crippen LogP contribution in [0.1, 0.15) is 56.0 Å². The highest BCUT2D eigenvalue weighted by Crippen LogP contribution is 2.39. The lowest BCUT2D eigenvalue weighted by atomic mass is 9.98. The number of nitrogens with two attached hydrogens (primary N) is 1. The quantitative estimate of drug-likeness (QED) is 0.462. The largest absolute Gasteiger partial charge is 0.464 e. The molecule has 38 heavy (non-hydrogen) atoms. The Morgan fingerprint density at radius 3 is 2.50 bits per heavy atom. The monoisotopic (exact) mass is 535 g/mol. The van der Waals surface area contributed by atoms with Gasteiger partial charge in [0, 0.05) is 47.2 Å². The zero-order chi connectivity index (χ0) is 27.1. The maximum Gasteiger partial charge on any atom is 0.308 e. The minimum atomic E-state index is -0.568. The summed E-state index contributed by atoms with van der Waals surface area (Å²) in [6, 6.07) is 7.00. The van der Waals surface area contributed by atoms with Crippen molar-refractivity contribution in [1.82, 2.24) is 24.6 Å². The van der Waals surface area contributed by atoms with Crippen LogP contribution in [0.25, 0.3) is 5.00 Å². The van der Waals surface area contributed by atoms with E-state index < -0.39 is 6.04 Å². The summed E-state index contributed by atoms with van der Waals surface area (Å²) in [5.41, 5.74) is 10.2. The summed E-state index contributed by atoms with van der Waals surface area (Å²) in [4.78, 5) is 35.6. The van der Waals surface area contributed by atoms with E-state index in [-0.39, 0.29) is 24.3 Å². The fraction of sp³-hybridized carbons (Fsp3) is 0.444. The fourth-order valence-corrected chi connectivity index (χ4v) is 5.93. The van der Waals surface area contributed by atoms with Crippen molar-refractivity contribution in [3.05, 3.63) is 63.0 Å². The molecule has 11 heteroatoms. The van der Waals surface area contributed by atoms with Gasteiger partial charge in [0.25, 0.3) is 5.91 Å². The number of carbonyl (C=O) groups is 2. The van der Waals surface area contributed by atoms with Crippen molar-refractivity contribution in [3.63, 3.8) is 0 Å². The predicted octanol–water partition coefficient (Wildman–Crippen LogP) is 2.42. The van der Waals surface area contributed by atoms with Crippen molar-refractivity contribution in [1.29, 1.82) is 0 Å². The normalized spacial score (nSPS) is 17.0. The number of thiophene rings is 1. The first-order valence-electron chi connectivity index (χ1n) is 12.7. The van der Waals surface area contributed by atoms with E-state index in [4.69, 9.17) is 15.5 Å². The molecule has 5 rings (SSSR count). The van der Waals surface area contributed by atoms with E-state index in [1.807, 2.05) is 54.8 Å². The molecule has 2 N–H and O–H groups in total. The number of nitrogens with zero attached hydrogens (tertiary/aromatic N) is 6. The highest BCUT2D eigenvalue weighted by Gasteiger charge is 2.33. The fourth-order valence-electron chi connectivity index (χ4n) is 4.72. The standard InChI is InChI=1S/C27H33N7O3S/c1-15-16(2)38-27-23(15)24(18-6-8-19(9-7-18)26(36)33-13-20(28)14-33)29-21(25-31-30-17(3)34(25)27)12-22(35)37-11-10-32(4)5/h6-9,20-21H,10-14,28H2,1-5H3/t21-/m0/s1. The van der Waals surface area contributed by atoms with Crippen LogP contribution in [0.3, 0.4) is 0 Å². The predicted molar refractivity (Wildman–Crippen MR) is 146 cm³/mol. The van der Waals surface area contributed by atoms with Crippen LogP contribution in [-0.4, -0.2) is 88.5 Å². The van der Waals surface area contributed by atoms with Crippen LogP contribution < -0.4 is 5.73 Å². The van der Waals surface area contributed by atoms with Gasteiger partial charge in [0.2, 0.25) is 0 Å². The maximum atomic E-state index is 12.8. The van der Waals surface area contributed by atoms with Gasteiger partial charge < -0.3 is 20.3 Å². The van der Waals surface area contributed by atoms with Gasteiger partial charge in [-0.15, -0.1) is 21.5 Å². The first kappa shape index (κ1) is 26.2. The molecule has 1 aromatic carbocycles. The Bertz CT molecular complexity index is 1400. The van der Waals surface area contributed by atoms with Crippen LogP contribution in [-0.2, 0) is 9.53 Å². The van der Waals surface area contributed by atoms with Gasteiger partial charge in [-0.05, 0) is 52.6 Å². The van der Waals surface area contributed by atoms with E-state index in [1.54, 1.807) is 16.2 Å². The van der Waals surface area contributed by atoms with Crippen molar-refractivity contribution in [3.8, 4) is 5.00 Å². The summed E-state index contributed by atoms with van der Waals surface area (Å²) in [5.74, 6) is 0.993. The Hall–Kier alpha value is -3.41. The lowest BCUT2D eigenvalue weighted by molar-refractivity contribution is -0.144. The van der Waals surface area contributed by atoms with Crippen LogP contribution in [0.5, 0.6) is 0 Å². The van der Waals surface area contributed by atoms with Crippen LogP contribution in [0.2, 0.25) is 0 Å². The van der Waals surface area contributed by atoms with Crippen molar-refractivity contribution in [2.24, 2.45) is 10.7 Å². The Morgan fingerprint density at radius 2 is 1.84 bits per heavy atom. The molecule has 0 unspecified atom stereocenters. The highest BCUT2D eigenvalue weighted by molar-refractivity contribution is 7.15. The van der Waals surface area contributed by atoms with Gasteiger partial charge in [0.15, 0.2) is 5.82 Å². The molecule has 1 fully saturated rings. The molecule has 0 saturated carbocycles. The van der Waals surface area contributed by atoms with Crippen LogP contribution >= 0.6 is 11.3 Å². The van der Waals surface area contributed by atoms with Gasteiger partial charge in [-0.2, -0.15) is 0 Å². The summed E-state index contributed by atoms with van der Waals surface area (Å²) in [7, 11) is 3.86. The van der Waals surface area contributed by atoms with Crippen molar-refractivity contribution in [2.45, 2.75) is 39.3 Å². The zero-order valence-electron chi connectivity index (χ0n) is 22.4. The highest BCUT2D eigenvalue weighted by atomic mass is 32.1. The number of fused-ring (bicyclic) bond motifs is 3. The first-order valence-corrected chi connectivity index (χ1v) is 13.5. The van der Waals surface area contributed by atoms with Crippen LogP contribution in [0.15, 0.2) is 29.3 Å². The molecule has 1 atom stereocenters. The molecule has 2 aromatic heterocycles. The molecule has 1 amide bonds. The zero-order valence-corrected chi connectivity index (χ0v) is 23.2. The molecule has 0 spiro atoms. The number of aryl methyl sites for hydroxylation is 2. The molecule has 4 heterocycles. The number of ether oxygens (including phenoxy) is 1. The Morgan fingerprint density at radius 1 is 1.13 bits per heavy atom. The molecule has 10 nitrogen and oxygen atoms in total. The molecular formula is C27H33N7O3S. The minimum absolute atomic E-state index is 0.0236. The maximum absolute atomic E-state index is 12.8. The first-order chi connectivity index (χ1) is 18.1. The molecule has 0 radical (unpaired) electrons. The van der Waals surface area contributed by atoms with Gasteiger partial charge in [-0.25, -0.2) is 0 Å². The van der Waals surface area contributed by atoms with E-state index >= 15 is 0 Å². The summed E-state index contributed by atoms with van der Waals surface area (Å²) in [6.45, 7) is 8.19. The average Bonchev–Trinajstić information content (AvgIpc) is 3.33. The van der Waals surface area contributed by atoms with E-state index in [9.17, 15) is 9.59 Å². The van der Waals surface area contributed by atoms with E-state index in [2.05, 4.69) is 24.0 Å². The molecule has 1 saturated heterocycles. The Kier molecular flexibility index (Phi) is 7.17. The van der Waals surface area contributed by atoms with Gasteiger partial charge in [0.05, 0.1) is 12.1 Å². The average molecular weight is 536 g/mol. The number of amides is 1. The van der Waals surface area contributed by atoms with Crippen LogP contribution in [0, 0.1) is 20.8 Å². The van der Waals surface area contributed by atoms with Crippen LogP contribution in [0.4, 0.5) is 0 Å².